The number of esters is 1. The summed E-state index contributed by atoms with van der Waals surface area (Å²) < 4.78 is 22.9. The Hall–Kier alpha value is -2.11. The number of carbonyl (C=O) groups excluding carboxylic acids is 2. The molecule has 0 bridgehead atoms. The topological polar surface area (TPSA) is 64.6 Å². The molecule has 0 aliphatic carbocycles. The summed E-state index contributed by atoms with van der Waals surface area (Å²) in [5, 5.41) is 2.62. The highest BCUT2D eigenvalue weighted by Crippen LogP contribution is 2.13. The van der Waals surface area contributed by atoms with Gasteiger partial charge in [-0.15, -0.1) is 0 Å². The third-order valence-corrected chi connectivity index (χ3v) is 3.01. The third kappa shape index (κ3) is 5.71. The minimum Gasteiger partial charge on any atom is -0.481 e. The lowest BCUT2D eigenvalue weighted by atomic mass is 10.0. The molecular formula is C16H22FNO4. The third-order valence-electron chi connectivity index (χ3n) is 3.01. The summed E-state index contributed by atoms with van der Waals surface area (Å²) in [6, 6.07) is 4.65. The predicted octanol–water partition coefficient (Wildman–Crippen LogP) is 2.30. The number of hydrogen-bond acceptors (Lipinski definition) is 4. The Morgan fingerprint density at radius 2 is 1.77 bits per heavy atom. The van der Waals surface area contributed by atoms with Crippen molar-refractivity contribution in [2.45, 2.75) is 39.3 Å². The summed E-state index contributed by atoms with van der Waals surface area (Å²) >= 11 is 0. The number of nitrogens with one attached hydrogen (secondary N) is 1. The zero-order valence-electron chi connectivity index (χ0n) is 13.3. The van der Waals surface area contributed by atoms with Crippen molar-refractivity contribution < 1.29 is 23.5 Å². The van der Waals surface area contributed by atoms with Crippen LogP contribution >= 0.6 is 0 Å². The Morgan fingerprint density at radius 1 is 1.18 bits per heavy atom. The van der Waals surface area contributed by atoms with Gasteiger partial charge in [0.15, 0.2) is 6.10 Å². The first-order valence-electron chi connectivity index (χ1n) is 7.14. The van der Waals surface area contributed by atoms with Crippen LogP contribution in [0.25, 0.3) is 0 Å². The second-order valence-corrected chi connectivity index (χ2v) is 5.43. The average Bonchev–Trinajstić information content (AvgIpc) is 2.47. The summed E-state index contributed by atoms with van der Waals surface area (Å²) in [6.07, 6.45) is -0.341. The molecule has 0 saturated heterocycles. The van der Waals surface area contributed by atoms with Crippen LogP contribution in [-0.2, 0) is 14.3 Å². The Labute approximate surface area is 129 Å². The summed E-state index contributed by atoms with van der Waals surface area (Å²) in [5.74, 6) is -0.705. The maximum Gasteiger partial charge on any atom is 0.328 e. The summed E-state index contributed by atoms with van der Waals surface area (Å²) in [4.78, 5) is 23.8. The van der Waals surface area contributed by atoms with Gasteiger partial charge < -0.3 is 14.8 Å². The molecule has 2 atom stereocenters. The van der Waals surface area contributed by atoms with Gasteiger partial charge in [-0.3, -0.25) is 4.79 Å². The molecule has 0 aliphatic rings. The zero-order valence-corrected chi connectivity index (χ0v) is 13.3. The van der Waals surface area contributed by atoms with Gasteiger partial charge >= 0.3 is 5.97 Å². The molecule has 0 fully saturated rings. The number of amides is 1. The van der Waals surface area contributed by atoms with Gasteiger partial charge in [0, 0.05) is 0 Å². The molecule has 0 spiro atoms. The van der Waals surface area contributed by atoms with Crippen LogP contribution < -0.4 is 10.1 Å². The van der Waals surface area contributed by atoms with Gasteiger partial charge in [-0.05, 0) is 43.5 Å². The summed E-state index contributed by atoms with van der Waals surface area (Å²) in [5.41, 5.74) is 0. The van der Waals surface area contributed by atoms with E-state index in [-0.39, 0.29) is 11.7 Å². The zero-order chi connectivity index (χ0) is 16.7. The standard InChI is InChI=1S/C16H22FNO4/c1-10(2)9-14(16(20)21-4)18-15(19)11(3)22-13-7-5-12(17)6-8-13/h5-8,10-11,14H,9H2,1-4H3,(H,18,19)/t11-,14+/m0/s1. The largest absolute Gasteiger partial charge is 0.481 e. The molecule has 0 unspecified atom stereocenters. The molecular weight excluding hydrogens is 289 g/mol. The van der Waals surface area contributed by atoms with E-state index in [1.165, 1.54) is 31.4 Å². The van der Waals surface area contributed by atoms with Crippen LogP contribution in [0.3, 0.4) is 0 Å². The van der Waals surface area contributed by atoms with E-state index < -0.39 is 24.0 Å². The van der Waals surface area contributed by atoms with Crippen molar-refractivity contribution in [1.82, 2.24) is 5.32 Å². The molecule has 1 amide bonds. The van der Waals surface area contributed by atoms with Crippen LogP contribution in [0.1, 0.15) is 27.2 Å². The van der Waals surface area contributed by atoms with Crippen LogP contribution in [0.4, 0.5) is 4.39 Å². The fourth-order valence-electron chi connectivity index (χ4n) is 1.89. The number of halogens is 1. The van der Waals surface area contributed by atoms with Gasteiger partial charge in [-0.25, -0.2) is 9.18 Å². The number of carbonyl (C=O) groups is 2. The van der Waals surface area contributed by atoms with Crippen molar-refractivity contribution in [2.24, 2.45) is 5.92 Å². The van der Waals surface area contributed by atoms with E-state index in [2.05, 4.69) is 10.1 Å². The van der Waals surface area contributed by atoms with Crippen molar-refractivity contribution in [2.75, 3.05) is 7.11 Å². The van der Waals surface area contributed by atoms with Crippen molar-refractivity contribution in [3.05, 3.63) is 30.1 Å². The first-order valence-corrected chi connectivity index (χ1v) is 7.14. The molecule has 1 N–H and O–H groups in total. The maximum absolute atomic E-state index is 12.8. The molecule has 0 aliphatic heterocycles. The molecule has 5 nitrogen and oxygen atoms in total. The fraction of sp³-hybridized carbons (Fsp3) is 0.500. The number of rotatable bonds is 7. The molecule has 1 aromatic rings. The van der Waals surface area contributed by atoms with Crippen LogP contribution in [0.2, 0.25) is 0 Å². The Morgan fingerprint density at radius 3 is 2.27 bits per heavy atom. The Balaban J connectivity index is 2.64. The van der Waals surface area contributed by atoms with Gasteiger partial charge in [0.25, 0.3) is 5.91 Å². The first-order chi connectivity index (χ1) is 10.3. The highest BCUT2D eigenvalue weighted by atomic mass is 19.1. The molecule has 6 heteroatoms. The van der Waals surface area contributed by atoms with Gasteiger partial charge in [0.2, 0.25) is 0 Å². The van der Waals surface area contributed by atoms with Crippen LogP contribution in [0.5, 0.6) is 5.75 Å². The highest BCUT2D eigenvalue weighted by molar-refractivity contribution is 5.86. The van der Waals surface area contributed by atoms with Gasteiger partial charge in [0.1, 0.15) is 17.6 Å². The van der Waals surface area contributed by atoms with E-state index in [0.717, 1.165) is 0 Å². The molecule has 0 aromatic heterocycles. The number of methoxy groups -OCH3 is 1. The maximum atomic E-state index is 12.8. The van der Waals surface area contributed by atoms with E-state index in [9.17, 15) is 14.0 Å². The lowest BCUT2D eigenvalue weighted by Gasteiger charge is -2.21. The fourth-order valence-corrected chi connectivity index (χ4v) is 1.89. The summed E-state index contributed by atoms with van der Waals surface area (Å²) in [7, 11) is 1.28. The Bertz CT molecular complexity index is 501. The van der Waals surface area contributed by atoms with E-state index in [1.807, 2.05) is 13.8 Å². The normalized spacial score (nSPS) is 13.4. The van der Waals surface area contributed by atoms with Crippen LogP contribution in [0, 0.1) is 11.7 Å². The predicted molar refractivity (Wildman–Crippen MR) is 79.9 cm³/mol. The van der Waals surface area contributed by atoms with Gasteiger partial charge in [0.05, 0.1) is 7.11 Å². The lowest BCUT2D eigenvalue weighted by Crippen LogP contribution is -2.47. The van der Waals surface area contributed by atoms with Gasteiger partial charge in [-0.1, -0.05) is 13.8 Å². The second kappa shape index (κ2) is 8.36. The SMILES string of the molecule is COC(=O)[C@@H](CC(C)C)NC(=O)[C@H](C)Oc1ccc(F)cc1. The molecule has 1 rings (SSSR count). The number of hydrogen-bond donors (Lipinski definition) is 1. The molecule has 0 heterocycles. The van der Waals surface area contributed by atoms with E-state index in [0.29, 0.717) is 12.2 Å². The van der Waals surface area contributed by atoms with Crippen molar-refractivity contribution in [3.8, 4) is 5.75 Å². The van der Waals surface area contributed by atoms with Crippen LogP contribution in [-0.4, -0.2) is 31.1 Å². The van der Waals surface area contributed by atoms with E-state index in [1.54, 1.807) is 6.92 Å². The summed E-state index contributed by atoms with van der Waals surface area (Å²) in [6.45, 7) is 5.45. The van der Waals surface area contributed by atoms with E-state index in [4.69, 9.17) is 4.74 Å². The lowest BCUT2D eigenvalue weighted by molar-refractivity contribution is -0.146. The quantitative estimate of drug-likeness (QED) is 0.785. The molecule has 122 valence electrons. The molecule has 0 radical (unpaired) electrons. The van der Waals surface area contributed by atoms with Crippen molar-refractivity contribution in [1.29, 1.82) is 0 Å². The minimum absolute atomic E-state index is 0.220. The van der Waals surface area contributed by atoms with Crippen molar-refractivity contribution >= 4 is 11.9 Å². The number of ether oxygens (including phenoxy) is 2. The van der Waals surface area contributed by atoms with Crippen LogP contribution in [0.15, 0.2) is 24.3 Å². The molecule has 1 aromatic carbocycles. The van der Waals surface area contributed by atoms with E-state index >= 15 is 0 Å². The minimum atomic E-state index is -0.815. The second-order valence-electron chi connectivity index (χ2n) is 5.43. The Kier molecular flexibility index (Phi) is 6.82. The van der Waals surface area contributed by atoms with Gasteiger partial charge in [-0.2, -0.15) is 0 Å². The first kappa shape index (κ1) is 17.9. The monoisotopic (exact) mass is 311 g/mol. The smallest absolute Gasteiger partial charge is 0.328 e. The number of benzene rings is 1. The average molecular weight is 311 g/mol. The highest BCUT2D eigenvalue weighted by Gasteiger charge is 2.25. The molecule has 0 saturated carbocycles. The van der Waals surface area contributed by atoms with Crippen molar-refractivity contribution in [3.63, 3.8) is 0 Å². The molecule has 22 heavy (non-hydrogen) atoms.